The number of thioether (sulfide) groups is 1. The molecule has 0 radical (unpaired) electrons. The highest BCUT2D eigenvalue weighted by atomic mass is 32.2. The van der Waals surface area contributed by atoms with E-state index in [1.54, 1.807) is 6.20 Å². The van der Waals surface area contributed by atoms with Crippen molar-refractivity contribution in [1.29, 1.82) is 0 Å². The molecule has 2 aliphatic heterocycles. The van der Waals surface area contributed by atoms with E-state index in [2.05, 4.69) is 10.1 Å². The summed E-state index contributed by atoms with van der Waals surface area (Å²) in [6.07, 6.45) is 3.19. The predicted octanol–water partition coefficient (Wildman–Crippen LogP) is -0.506. The molecule has 0 spiro atoms. The zero-order valence-corrected chi connectivity index (χ0v) is 5.88. The Hall–Kier alpha value is -0.850. The molecule has 2 aliphatic rings. The Morgan fingerprint density at radius 1 is 1.60 bits per heavy atom. The van der Waals surface area contributed by atoms with Gasteiger partial charge in [-0.25, -0.2) is 4.99 Å². The number of rotatable bonds is 0. The van der Waals surface area contributed by atoms with Crippen molar-refractivity contribution in [2.45, 2.75) is 0 Å². The minimum Gasteiger partial charge on any atom is -0.373 e. The van der Waals surface area contributed by atoms with Gasteiger partial charge in [-0.2, -0.15) is 0 Å². The maximum Gasteiger partial charge on any atom is 0.246 e. The number of nitrogens with zero attached hydrogens (tertiary/aromatic N) is 3. The van der Waals surface area contributed by atoms with Gasteiger partial charge in [-0.3, -0.25) is 0 Å². The number of amidine groups is 1. The second-order valence-corrected chi connectivity index (χ2v) is 3.05. The highest BCUT2D eigenvalue weighted by Crippen LogP contribution is 2.33. The van der Waals surface area contributed by atoms with Crippen LogP contribution in [-0.4, -0.2) is 16.2 Å². The van der Waals surface area contributed by atoms with Crippen LogP contribution in [0.2, 0.25) is 0 Å². The summed E-state index contributed by atoms with van der Waals surface area (Å²) >= 11 is 1.35. The maximum atomic E-state index is 5.69. The molecule has 0 saturated carbocycles. The highest BCUT2D eigenvalue weighted by molar-refractivity contribution is 8.17. The topological polar surface area (TPSA) is 76.8 Å². The van der Waals surface area contributed by atoms with Crippen LogP contribution >= 0.6 is 11.8 Å². The van der Waals surface area contributed by atoms with Gasteiger partial charge in [0.1, 0.15) is 6.20 Å². The molecule has 0 fully saturated rings. The maximum absolute atomic E-state index is 5.69. The molecule has 0 saturated heterocycles. The van der Waals surface area contributed by atoms with Crippen molar-refractivity contribution in [2.24, 2.45) is 21.7 Å². The molecule has 0 aromatic heterocycles. The van der Waals surface area contributed by atoms with Gasteiger partial charge in [0.2, 0.25) is 16.5 Å². The van der Waals surface area contributed by atoms with Gasteiger partial charge in [0, 0.05) is 11.8 Å². The third-order valence-electron chi connectivity index (χ3n) is 1.25. The van der Waals surface area contributed by atoms with Crippen LogP contribution in [0.3, 0.4) is 0 Å². The molecule has 4 N–H and O–H groups in total. The predicted molar refractivity (Wildman–Crippen MR) is 40.2 cm³/mol. The highest BCUT2D eigenvalue weighted by Gasteiger charge is 2.40. The third-order valence-corrected chi connectivity index (χ3v) is 2.15. The summed E-state index contributed by atoms with van der Waals surface area (Å²) < 4.78 is -0.101. The van der Waals surface area contributed by atoms with E-state index >= 15 is 0 Å². The fourth-order valence-electron chi connectivity index (χ4n) is 0.813. The summed E-state index contributed by atoms with van der Waals surface area (Å²) in [7, 11) is 0. The molecule has 0 aliphatic carbocycles. The Kier molecular flexibility index (Phi) is 0.942. The molecular formula is C4H6N5S+. The van der Waals surface area contributed by atoms with Gasteiger partial charge in [-0.15, -0.1) is 5.84 Å². The van der Waals surface area contributed by atoms with Crippen LogP contribution in [0.25, 0.3) is 0 Å². The lowest BCUT2D eigenvalue weighted by molar-refractivity contribution is -0.801. The zero-order valence-electron chi connectivity index (χ0n) is 5.06. The number of nitrogens with two attached hydrogens (primary N) is 2. The number of hydrogen-bond donors (Lipinski definition) is 2. The van der Waals surface area contributed by atoms with E-state index in [1.807, 2.05) is 0 Å². The molecule has 0 amide bonds. The van der Waals surface area contributed by atoms with Gasteiger partial charge in [0.25, 0.3) is 0 Å². The van der Waals surface area contributed by atoms with Crippen molar-refractivity contribution in [1.82, 2.24) is 0 Å². The molecule has 6 heteroatoms. The molecule has 2 heterocycles. The number of fused-ring (bicyclic) bond motifs is 1. The van der Waals surface area contributed by atoms with E-state index in [0.29, 0.717) is 5.17 Å². The normalized spacial score (nSPS) is 35.7. The first-order valence-electron chi connectivity index (χ1n) is 2.67. The first-order chi connectivity index (χ1) is 4.71. The second-order valence-electron chi connectivity index (χ2n) is 2.01. The Morgan fingerprint density at radius 3 is 3.10 bits per heavy atom. The zero-order chi connectivity index (χ0) is 7.19. The third kappa shape index (κ3) is 0.605. The van der Waals surface area contributed by atoms with E-state index in [4.69, 9.17) is 11.6 Å². The standard InChI is InChI=1S/C4H6N5S/c5-4-8-9(6)2-7-1-3(9)10-4/h1-2H,6H2,(H2,5,8)/q+1. The Morgan fingerprint density at radius 2 is 2.40 bits per heavy atom. The molecule has 1 unspecified atom stereocenters. The second kappa shape index (κ2) is 1.60. The van der Waals surface area contributed by atoms with Crippen molar-refractivity contribution in [2.75, 3.05) is 0 Å². The van der Waals surface area contributed by atoms with Crippen LogP contribution in [0.15, 0.2) is 21.3 Å². The number of hydrogen-bond acceptors (Lipinski definition) is 5. The molecule has 52 valence electrons. The SMILES string of the molecule is NC1=N[N+]2(N)C=NC=C2S1. The van der Waals surface area contributed by atoms with Crippen LogP contribution < -0.4 is 11.6 Å². The van der Waals surface area contributed by atoms with E-state index in [0.717, 1.165) is 5.03 Å². The Labute approximate surface area is 61.6 Å². The van der Waals surface area contributed by atoms with E-state index in [9.17, 15) is 0 Å². The van der Waals surface area contributed by atoms with Gasteiger partial charge in [-0.1, -0.05) is 0 Å². The van der Waals surface area contributed by atoms with Crippen LogP contribution in [0, 0.1) is 0 Å². The molecule has 0 bridgehead atoms. The summed E-state index contributed by atoms with van der Waals surface area (Å²) in [6, 6.07) is 0. The average molecular weight is 156 g/mol. The minimum atomic E-state index is -0.101. The van der Waals surface area contributed by atoms with Gasteiger partial charge in [-0.05, 0) is 9.80 Å². The molecule has 5 nitrogen and oxygen atoms in total. The summed E-state index contributed by atoms with van der Waals surface area (Å²) in [4.78, 5) is 3.85. The Bertz CT molecular complexity index is 267. The largest absolute Gasteiger partial charge is 0.373 e. The molecule has 2 rings (SSSR count). The van der Waals surface area contributed by atoms with Crippen molar-refractivity contribution in [3.63, 3.8) is 0 Å². The minimum absolute atomic E-state index is 0.101. The quantitative estimate of drug-likeness (QED) is 0.366. The fraction of sp³-hybridized carbons (Fsp3) is 0. The van der Waals surface area contributed by atoms with Crippen LogP contribution in [0.1, 0.15) is 0 Å². The van der Waals surface area contributed by atoms with Crippen molar-refractivity contribution < 1.29 is 4.70 Å². The monoisotopic (exact) mass is 156 g/mol. The van der Waals surface area contributed by atoms with Crippen LogP contribution in [0.5, 0.6) is 0 Å². The smallest absolute Gasteiger partial charge is 0.246 e. The average Bonchev–Trinajstić information content (AvgIpc) is 2.20. The first kappa shape index (κ1) is 5.90. The lowest BCUT2D eigenvalue weighted by Crippen LogP contribution is -2.42. The van der Waals surface area contributed by atoms with Gasteiger partial charge >= 0.3 is 0 Å². The Balaban J connectivity index is 2.47. The van der Waals surface area contributed by atoms with Crippen LogP contribution in [-0.2, 0) is 0 Å². The van der Waals surface area contributed by atoms with Crippen LogP contribution in [0.4, 0.5) is 0 Å². The van der Waals surface area contributed by atoms with Crippen molar-refractivity contribution in [3.05, 3.63) is 11.2 Å². The van der Waals surface area contributed by atoms with Crippen molar-refractivity contribution >= 4 is 23.3 Å². The molecule has 0 aromatic rings. The summed E-state index contributed by atoms with van der Waals surface area (Å²) in [5.41, 5.74) is 5.43. The number of aliphatic imine (C=N–C) groups is 1. The molecule has 10 heavy (non-hydrogen) atoms. The van der Waals surface area contributed by atoms with E-state index in [-0.39, 0.29) is 4.70 Å². The first-order valence-corrected chi connectivity index (χ1v) is 3.48. The fourth-order valence-corrected chi connectivity index (χ4v) is 1.55. The lowest BCUT2D eigenvalue weighted by Gasteiger charge is -2.09. The lowest BCUT2D eigenvalue weighted by atomic mass is 10.9. The van der Waals surface area contributed by atoms with Gasteiger partial charge in [0.15, 0.2) is 0 Å². The van der Waals surface area contributed by atoms with Crippen molar-refractivity contribution in [3.8, 4) is 0 Å². The molecule has 1 atom stereocenters. The van der Waals surface area contributed by atoms with Gasteiger partial charge in [0.05, 0.1) is 0 Å². The summed E-state index contributed by atoms with van der Waals surface area (Å²) in [5.74, 6) is 5.69. The summed E-state index contributed by atoms with van der Waals surface area (Å²) in [6.45, 7) is 0. The van der Waals surface area contributed by atoms with Gasteiger partial charge < -0.3 is 5.73 Å². The number of quaternary nitrogens is 1. The van der Waals surface area contributed by atoms with E-state index in [1.165, 1.54) is 18.1 Å². The molecule has 0 aromatic carbocycles. The summed E-state index contributed by atoms with van der Waals surface area (Å²) in [5, 5.41) is 5.27. The molecular weight excluding hydrogens is 150 g/mol. The van der Waals surface area contributed by atoms with E-state index < -0.39 is 0 Å².